The predicted molar refractivity (Wildman–Crippen MR) is 77.9 cm³/mol. The summed E-state index contributed by atoms with van der Waals surface area (Å²) < 4.78 is 10.1. The molecule has 2 heterocycles. The van der Waals surface area contributed by atoms with E-state index in [1.165, 1.54) is 7.11 Å². The van der Waals surface area contributed by atoms with Gasteiger partial charge in [-0.15, -0.1) is 0 Å². The summed E-state index contributed by atoms with van der Waals surface area (Å²) in [7, 11) is 1.42. The predicted octanol–water partition coefficient (Wildman–Crippen LogP) is 1.68. The molecule has 2 rings (SSSR count). The van der Waals surface area contributed by atoms with Crippen molar-refractivity contribution in [3.05, 3.63) is 0 Å². The fourth-order valence-electron chi connectivity index (χ4n) is 3.34. The number of hydrogen-bond donors (Lipinski definition) is 1. The number of esters is 1. The van der Waals surface area contributed by atoms with Crippen molar-refractivity contribution >= 4 is 12.1 Å². The number of alkyl carbamates (subject to hydrolysis) is 1. The Balaban J connectivity index is 1.86. The fraction of sp³-hybridized carbons (Fsp3) is 0.867. The third-order valence-electron chi connectivity index (χ3n) is 4.14. The van der Waals surface area contributed by atoms with E-state index in [4.69, 9.17) is 9.47 Å². The first-order chi connectivity index (χ1) is 9.78. The Kier molecular flexibility index (Phi) is 4.76. The standard InChI is InChI=1S/C15H26N2O4/c1-15(2,3)21-14(19)16-10-7-11-5-6-12(8-10)17(11)9-13(18)20-4/h10-12H,5-9H2,1-4H3,(H,16,19)/t10?,11-,12+. The highest BCUT2D eigenvalue weighted by atomic mass is 16.6. The van der Waals surface area contributed by atoms with E-state index in [9.17, 15) is 9.59 Å². The Morgan fingerprint density at radius 1 is 1.19 bits per heavy atom. The van der Waals surface area contributed by atoms with Crippen molar-refractivity contribution in [1.82, 2.24) is 10.2 Å². The maximum absolute atomic E-state index is 11.8. The van der Waals surface area contributed by atoms with Crippen molar-refractivity contribution in [2.24, 2.45) is 0 Å². The topological polar surface area (TPSA) is 67.9 Å². The molecule has 120 valence electrons. The maximum Gasteiger partial charge on any atom is 0.407 e. The van der Waals surface area contributed by atoms with Crippen LogP contribution in [-0.2, 0) is 14.3 Å². The molecule has 1 unspecified atom stereocenters. The van der Waals surface area contributed by atoms with Gasteiger partial charge in [0.1, 0.15) is 5.60 Å². The summed E-state index contributed by atoms with van der Waals surface area (Å²) >= 11 is 0. The molecule has 0 saturated carbocycles. The Labute approximate surface area is 126 Å². The molecule has 2 saturated heterocycles. The van der Waals surface area contributed by atoms with Gasteiger partial charge in [-0.2, -0.15) is 0 Å². The normalized spacial score (nSPS) is 29.0. The zero-order valence-corrected chi connectivity index (χ0v) is 13.3. The third kappa shape index (κ3) is 4.33. The number of rotatable bonds is 3. The molecule has 2 bridgehead atoms. The highest BCUT2D eigenvalue weighted by molar-refractivity contribution is 5.71. The van der Waals surface area contributed by atoms with Gasteiger partial charge in [-0.1, -0.05) is 0 Å². The van der Waals surface area contributed by atoms with Crippen molar-refractivity contribution in [1.29, 1.82) is 0 Å². The molecule has 1 N–H and O–H groups in total. The summed E-state index contributed by atoms with van der Waals surface area (Å²) in [4.78, 5) is 25.5. The first-order valence-corrected chi connectivity index (χ1v) is 7.60. The van der Waals surface area contributed by atoms with Gasteiger partial charge in [0.2, 0.25) is 0 Å². The van der Waals surface area contributed by atoms with Crippen LogP contribution in [0.5, 0.6) is 0 Å². The zero-order chi connectivity index (χ0) is 15.6. The Morgan fingerprint density at radius 2 is 1.76 bits per heavy atom. The second-order valence-electron chi connectivity index (χ2n) is 6.95. The van der Waals surface area contributed by atoms with Gasteiger partial charge in [0, 0.05) is 18.1 Å². The molecule has 0 aromatic heterocycles. The summed E-state index contributed by atoms with van der Waals surface area (Å²) in [5, 5.41) is 2.96. The van der Waals surface area contributed by atoms with Crippen LogP contribution < -0.4 is 5.32 Å². The van der Waals surface area contributed by atoms with Crippen molar-refractivity contribution in [2.45, 2.75) is 70.2 Å². The van der Waals surface area contributed by atoms with E-state index in [1.807, 2.05) is 20.8 Å². The molecule has 6 nitrogen and oxygen atoms in total. The average Bonchev–Trinajstić information content (AvgIpc) is 2.58. The number of fused-ring (bicyclic) bond motifs is 2. The van der Waals surface area contributed by atoms with Crippen molar-refractivity contribution in [2.75, 3.05) is 13.7 Å². The molecule has 0 radical (unpaired) electrons. The number of carbonyl (C=O) groups excluding carboxylic acids is 2. The van der Waals surface area contributed by atoms with Crippen molar-refractivity contribution < 1.29 is 19.1 Å². The van der Waals surface area contributed by atoms with Gasteiger partial charge in [-0.05, 0) is 46.5 Å². The quantitative estimate of drug-likeness (QED) is 0.803. The first-order valence-electron chi connectivity index (χ1n) is 7.60. The lowest BCUT2D eigenvalue weighted by molar-refractivity contribution is -0.143. The minimum Gasteiger partial charge on any atom is -0.468 e. The van der Waals surface area contributed by atoms with Crippen molar-refractivity contribution in [3.8, 4) is 0 Å². The van der Waals surface area contributed by atoms with E-state index < -0.39 is 5.60 Å². The van der Waals surface area contributed by atoms with Crippen LogP contribution in [0.3, 0.4) is 0 Å². The van der Waals surface area contributed by atoms with Crippen LogP contribution in [0.15, 0.2) is 0 Å². The molecule has 21 heavy (non-hydrogen) atoms. The van der Waals surface area contributed by atoms with Crippen LogP contribution in [0.4, 0.5) is 4.79 Å². The minimum absolute atomic E-state index is 0.131. The second-order valence-corrected chi connectivity index (χ2v) is 6.95. The Hall–Kier alpha value is -1.30. The van der Waals surface area contributed by atoms with Crippen LogP contribution in [0, 0.1) is 0 Å². The number of hydrogen-bond acceptors (Lipinski definition) is 5. The SMILES string of the molecule is COC(=O)CN1[C@@H]2CC[C@H]1CC(NC(=O)OC(C)(C)C)C2. The molecule has 0 aromatic carbocycles. The number of ether oxygens (including phenoxy) is 2. The van der Waals surface area contributed by atoms with Gasteiger partial charge in [-0.25, -0.2) is 4.79 Å². The smallest absolute Gasteiger partial charge is 0.407 e. The molecule has 2 fully saturated rings. The fourth-order valence-corrected chi connectivity index (χ4v) is 3.34. The second kappa shape index (κ2) is 6.22. The van der Waals surface area contributed by atoms with Gasteiger partial charge >= 0.3 is 12.1 Å². The summed E-state index contributed by atoms with van der Waals surface area (Å²) in [6, 6.07) is 0.830. The van der Waals surface area contributed by atoms with Gasteiger partial charge in [0.05, 0.1) is 13.7 Å². The Morgan fingerprint density at radius 3 is 2.24 bits per heavy atom. The summed E-state index contributed by atoms with van der Waals surface area (Å²) in [5.41, 5.74) is -0.478. The first kappa shape index (κ1) is 16.1. The molecule has 6 heteroatoms. The molecule has 3 atom stereocenters. The lowest BCUT2D eigenvalue weighted by Crippen LogP contribution is -2.52. The van der Waals surface area contributed by atoms with Gasteiger partial charge in [0.25, 0.3) is 0 Å². The lowest BCUT2D eigenvalue weighted by Gasteiger charge is -2.38. The molecule has 2 aliphatic rings. The van der Waals surface area contributed by atoms with Crippen LogP contribution in [0.25, 0.3) is 0 Å². The van der Waals surface area contributed by atoms with E-state index >= 15 is 0 Å². The zero-order valence-electron chi connectivity index (χ0n) is 13.3. The van der Waals surface area contributed by atoms with Crippen LogP contribution >= 0.6 is 0 Å². The summed E-state index contributed by atoms with van der Waals surface area (Å²) in [6.07, 6.45) is 3.54. The van der Waals surface area contributed by atoms with Crippen LogP contribution in [0.2, 0.25) is 0 Å². The summed E-state index contributed by atoms with van der Waals surface area (Å²) in [5.74, 6) is -0.189. The van der Waals surface area contributed by atoms with E-state index in [1.54, 1.807) is 0 Å². The van der Waals surface area contributed by atoms with E-state index in [2.05, 4.69) is 10.2 Å². The number of amides is 1. The van der Waals surface area contributed by atoms with Crippen LogP contribution in [-0.4, -0.2) is 54.3 Å². The minimum atomic E-state index is -0.478. The number of nitrogens with zero attached hydrogens (tertiary/aromatic N) is 1. The molecule has 0 aliphatic carbocycles. The summed E-state index contributed by atoms with van der Waals surface area (Å²) in [6.45, 7) is 5.92. The molecule has 0 aromatic rings. The van der Waals surface area contributed by atoms with Gasteiger partial charge < -0.3 is 14.8 Å². The maximum atomic E-state index is 11.8. The molecular weight excluding hydrogens is 272 g/mol. The van der Waals surface area contributed by atoms with Crippen molar-refractivity contribution in [3.63, 3.8) is 0 Å². The third-order valence-corrected chi connectivity index (χ3v) is 4.14. The van der Waals surface area contributed by atoms with E-state index in [0.717, 1.165) is 25.7 Å². The van der Waals surface area contributed by atoms with Gasteiger partial charge in [0.15, 0.2) is 0 Å². The largest absolute Gasteiger partial charge is 0.468 e. The molecular formula is C15H26N2O4. The van der Waals surface area contributed by atoms with E-state index in [-0.39, 0.29) is 18.1 Å². The number of carbonyl (C=O) groups is 2. The number of methoxy groups -OCH3 is 1. The average molecular weight is 298 g/mol. The van der Waals surface area contributed by atoms with E-state index in [0.29, 0.717) is 18.6 Å². The number of piperidine rings is 1. The molecule has 0 spiro atoms. The molecule has 2 aliphatic heterocycles. The van der Waals surface area contributed by atoms with Gasteiger partial charge in [-0.3, -0.25) is 9.69 Å². The number of nitrogens with one attached hydrogen (secondary N) is 1. The monoisotopic (exact) mass is 298 g/mol. The van der Waals surface area contributed by atoms with Crippen LogP contribution in [0.1, 0.15) is 46.5 Å². The Bertz CT molecular complexity index is 391. The highest BCUT2D eigenvalue weighted by Crippen LogP contribution is 2.35. The highest BCUT2D eigenvalue weighted by Gasteiger charge is 2.42. The lowest BCUT2D eigenvalue weighted by atomic mass is 9.97. The molecule has 1 amide bonds.